The van der Waals surface area contributed by atoms with Crippen LogP contribution >= 0.6 is 7.26 Å². The van der Waals surface area contributed by atoms with Gasteiger partial charge in [0.1, 0.15) is 0 Å². The predicted molar refractivity (Wildman–Crippen MR) is 74.7 cm³/mol. The fourth-order valence-corrected chi connectivity index (χ4v) is 7.19. The molecule has 0 aromatic rings. The molecule has 92 valence electrons. The van der Waals surface area contributed by atoms with Crippen LogP contribution in [0.4, 0.5) is 0 Å². The monoisotopic (exact) mass is 231 g/mol. The number of rotatable bonds is 5. The van der Waals surface area contributed by atoms with Gasteiger partial charge in [0.25, 0.3) is 0 Å². The van der Waals surface area contributed by atoms with Crippen LogP contribution in [0, 0.1) is 5.92 Å². The molecule has 0 amide bonds. The van der Waals surface area contributed by atoms with Gasteiger partial charge in [0.05, 0.1) is 0 Å². The summed E-state index contributed by atoms with van der Waals surface area (Å²) in [6, 6.07) is 0.516. The summed E-state index contributed by atoms with van der Waals surface area (Å²) in [6.45, 7) is 7.27. The van der Waals surface area contributed by atoms with Crippen molar-refractivity contribution in [3.8, 4) is 0 Å². The van der Waals surface area contributed by atoms with Gasteiger partial charge in [0.15, 0.2) is 0 Å². The van der Waals surface area contributed by atoms with Gasteiger partial charge >= 0.3 is 96.1 Å². The van der Waals surface area contributed by atoms with E-state index in [0.29, 0.717) is 6.04 Å². The van der Waals surface area contributed by atoms with E-state index in [1.807, 2.05) is 0 Å². The summed E-state index contributed by atoms with van der Waals surface area (Å²) in [4.78, 5) is 0. The summed E-state index contributed by atoms with van der Waals surface area (Å²) in [7, 11) is -0.868. The van der Waals surface area contributed by atoms with Crippen LogP contribution in [0.5, 0.6) is 0 Å². The van der Waals surface area contributed by atoms with Crippen LogP contribution in [-0.4, -0.2) is 30.7 Å². The van der Waals surface area contributed by atoms with E-state index < -0.39 is 7.26 Å². The van der Waals surface area contributed by atoms with Crippen LogP contribution < -0.4 is 5.73 Å². The van der Waals surface area contributed by atoms with Gasteiger partial charge in [-0.2, -0.15) is 0 Å². The molecular weight excluding hydrogens is 201 g/mol. The molecule has 1 fully saturated rings. The normalized spacial score (nSPS) is 29.1. The Balaban J connectivity index is 2.44. The quantitative estimate of drug-likeness (QED) is 0.722. The van der Waals surface area contributed by atoms with E-state index in [9.17, 15) is 0 Å². The standard InChI is InChI=1S/C13H30NP/c1-4-15(5-2,6-3)11-12-7-9-13(14)10-8-12/h12-13,15H,4-11,14H2,1-3H3. The van der Waals surface area contributed by atoms with Crippen LogP contribution in [0.25, 0.3) is 0 Å². The third kappa shape index (κ3) is 3.71. The summed E-state index contributed by atoms with van der Waals surface area (Å²) >= 11 is 0. The molecule has 1 nitrogen and oxygen atoms in total. The Hall–Kier alpha value is 0.390. The van der Waals surface area contributed by atoms with Gasteiger partial charge in [0, 0.05) is 0 Å². The molecule has 0 saturated heterocycles. The molecule has 0 unspecified atom stereocenters. The van der Waals surface area contributed by atoms with Crippen molar-refractivity contribution in [3.05, 3.63) is 0 Å². The van der Waals surface area contributed by atoms with E-state index in [0.717, 1.165) is 5.92 Å². The fourth-order valence-electron chi connectivity index (χ4n) is 3.19. The molecular formula is C13H30NP. The topological polar surface area (TPSA) is 26.0 Å². The maximum atomic E-state index is 5.97. The van der Waals surface area contributed by atoms with Crippen LogP contribution in [0.15, 0.2) is 0 Å². The molecule has 0 aromatic heterocycles. The molecule has 0 bridgehead atoms. The first-order chi connectivity index (χ1) is 7.15. The summed E-state index contributed by atoms with van der Waals surface area (Å²) in [5.41, 5.74) is 5.97. The first kappa shape index (κ1) is 13.5. The average molecular weight is 231 g/mol. The second-order valence-corrected chi connectivity index (χ2v) is 11.1. The second-order valence-electron chi connectivity index (χ2n) is 5.55. The predicted octanol–water partition coefficient (Wildman–Crippen LogP) is 3.31. The van der Waals surface area contributed by atoms with Gasteiger partial charge in [0.2, 0.25) is 0 Å². The molecule has 1 aliphatic carbocycles. The summed E-state index contributed by atoms with van der Waals surface area (Å²) in [5, 5.41) is 0. The third-order valence-electron chi connectivity index (χ3n) is 4.86. The number of hydrogen-bond donors (Lipinski definition) is 1. The Morgan fingerprint density at radius 2 is 1.40 bits per heavy atom. The van der Waals surface area contributed by atoms with Crippen molar-refractivity contribution in [1.82, 2.24) is 0 Å². The van der Waals surface area contributed by atoms with E-state index in [1.54, 1.807) is 6.16 Å². The fraction of sp³-hybridized carbons (Fsp3) is 1.00. The van der Waals surface area contributed by atoms with Crippen molar-refractivity contribution in [2.75, 3.05) is 24.6 Å². The van der Waals surface area contributed by atoms with Gasteiger partial charge in [-0.1, -0.05) is 0 Å². The Labute approximate surface area is 96.5 Å². The first-order valence-electron chi connectivity index (χ1n) is 6.91. The van der Waals surface area contributed by atoms with Gasteiger partial charge in [-0.05, 0) is 0 Å². The van der Waals surface area contributed by atoms with Gasteiger partial charge < -0.3 is 0 Å². The van der Waals surface area contributed by atoms with E-state index in [4.69, 9.17) is 5.73 Å². The van der Waals surface area contributed by atoms with Crippen LogP contribution in [0.1, 0.15) is 46.5 Å². The average Bonchev–Trinajstić information content (AvgIpc) is 2.29. The van der Waals surface area contributed by atoms with E-state index in [-0.39, 0.29) is 0 Å². The molecule has 1 aliphatic rings. The van der Waals surface area contributed by atoms with Gasteiger partial charge in [-0.15, -0.1) is 0 Å². The van der Waals surface area contributed by atoms with E-state index in [1.165, 1.54) is 44.2 Å². The zero-order chi connectivity index (χ0) is 11.3. The molecule has 15 heavy (non-hydrogen) atoms. The Morgan fingerprint density at radius 3 is 1.80 bits per heavy atom. The van der Waals surface area contributed by atoms with Crippen molar-refractivity contribution in [2.45, 2.75) is 52.5 Å². The maximum absolute atomic E-state index is 5.97. The first-order valence-corrected chi connectivity index (χ1v) is 9.74. The molecule has 0 radical (unpaired) electrons. The van der Waals surface area contributed by atoms with Crippen LogP contribution in [0.2, 0.25) is 0 Å². The molecule has 2 heteroatoms. The molecule has 0 aliphatic heterocycles. The molecule has 1 saturated carbocycles. The number of hydrogen-bond acceptors (Lipinski definition) is 1. The van der Waals surface area contributed by atoms with Gasteiger partial charge in [-0.3, -0.25) is 0 Å². The van der Waals surface area contributed by atoms with Crippen molar-refractivity contribution in [1.29, 1.82) is 0 Å². The van der Waals surface area contributed by atoms with Crippen molar-refractivity contribution < 1.29 is 0 Å². The molecule has 0 heterocycles. The number of nitrogens with two attached hydrogens (primary N) is 1. The second kappa shape index (κ2) is 6.21. The minimum absolute atomic E-state index is 0.516. The van der Waals surface area contributed by atoms with E-state index >= 15 is 0 Å². The Kier molecular flexibility index (Phi) is 5.57. The Bertz CT molecular complexity index is 161. The zero-order valence-corrected chi connectivity index (χ0v) is 11.9. The molecule has 0 atom stereocenters. The molecule has 0 spiro atoms. The van der Waals surface area contributed by atoms with Gasteiger partial charge in [-0.25, -0.2) is 0 Å². The van der Waals surface area contributed by atoms with Crippen molar-refractivity contribution in [3.63, 3.8) is 0 Å². The van der Waals surface area contributed by atoms with Crippen LogP contribution in [-0.2, 0) is 0 Å². The van der Waals surface area contributed by atoms with Crippen molar-refractivity contribution in [2.24, 2.45) is 11.7 Å². The SMILES string of the molecule is CC[PH](CC)(CC)CC1CCC(N)CC1. The zero-order valence-electron chi connectivity index (χ0n) is 10.9. The van der Waals surface area contributed by atoms with Crippen LogP contribution in [0.3, 0.4) is 0 Å². The third-order valence-corrected chi connectivity index (χ3v) is 10.8. The molecule has 1 rings (SSSR count). The summed E-state index contributed by atoms with van der Waals surface area (Å²) in [5.74, 6) is 1.02. The summed E-state index contributed by atoms with van der Waals surface area (Å²) in [6.07, 6.45) is 11.4. The molecule has 0 aromatic carbocycles. The molecule has 2 N–H and O–H groups in total. The van der Waals surface area contributed by atoms with Crippen molar-refractivity contribution >= 4 is 7.26 Å². The minimum atomic E-state index is -0.868. The Morgan fingerprint density at radius 1 is 0.933 bits per heavy atom. The van der Waals surface area contributed by atoms with E-state index in [2.05, 4.69) is 20.8 Å². The summed E-state index contributed by atoms with van der Waals surface area (Å²) < 4.78 is 0.